The summed E-state index contributed by atoms with van der Waals surface area (Å²) in [4.78, 5) is 30.4. The molecule has 4 aliphatic carbocycles. The molecule has 4 aromatic carbocycles. The van der Waals surface area contributed by atoms with Crippen molar-refractivity contribution in [1.82, 2.24) is 10.6 Å². The molecule has 0 spiro atoms. The molecule has 4 aliphatic rings. The molecule has 0 heterocycles. The number of nitrogens with zero attached hydrogens (tertiary/aromatic N) is 2. The third kappa shape index (κ3) is 24.9. The fourth-order valence-electron chi connectivity index (χ4n) is 11.1. The number of halogens is 9. The topological polar surface area (TPSA) is 182 Å². The maximum atomic E-state index is 15.1. The summed E-state index contributed by atoms with van der Waals surface area (Å²) in [7, 11) is 0. The Hall–Kier alpha value is -5.55. The number of benzene rings is 4. The number of nitriles is 1. The minimum atomic E-state index is -4.70. The van der Waals surface area contributed by atoms with Crippen molar-refractivity contribution in [2.75, 3.05) is 0 Å². The van der Waals surface area contributed by atoms with Gasteiger partial charge in [0.25, 0.3) is 0 Å². The van der Waals surface area contributed by atoms with Crippen molar-refractivity contribution in [3.05, 3.63) is 131 Å². The van der Waals surface area contributed by atoms with Gasteiger partial charge in [0.1, 0.15) is 23.4 Å². The Balaban J connectivity index is 0.000000378. The van der Waals surface area contributed by atoms with Gasteiger partial charge in [0.15, 0.2) is 11.6 Å². The molecule has 0 amide bonds. The fraction of sp³-hybridized carbons (Fsp3) is 0.562. The van der Waals surface area contributed by atoms with E-state index in [-0.39, 0.29) is 65.6 Å². The van der Waals surface area contributed by atoms with Crippen LogP contribution in [0.5, 0.6) is 0 Å². The van der Waals surface area contributed by atoms with Gasteiger partial charge in [0.2, 0.25) is 0 Å². The van der Waals surface area contributed by atoms with E-state index >= 15 is 4.39 Å². The number of hydrogen-bond acceptors (Lipinski definition) is 9. The quantitative estimate of drug-likeness (QED) is 0.0608. The predicted octanol–water partition coefficient (Wildman–Crippen LogP) is 11.6. The Morgan fingerprint density at radius 3 is 1.17 bits per heavy atom. The van der Waals surface area contributed by atoms with Gasteiger partial charge >= 0.3 is 41.2 Å². The van der Waals surface area contributed by atoms with Gasteiger partial charge in [0, 0.05) is 25.2 Å². The maximum absolute atomic E-state index is 15.1. The van der Waals surface area contributed by atoms with E-state index in [1.165, 1.54) is 52.0 Å². The van der Waals surface area contributed by atoms with Crippen molar-refractivity contribution in [3.63, 3.8) is 0 Å². The number of Topliss-reactive ketones (excluding diaryl/α,β-unsaturated/α-hetero) is 2. The Morgan fingerprint density at radius 1 is 0.593 bits per heavy atom. The normalized spacial score (nSPS) is 17.7. The van der Waals surface area contributed by atoms with E-state index in [4.69, 9.17) is 23.4 Å². The van der Waals surface area contributed by atoms with E-state index in [0.29, 0.717) is 12.8 Å². The van der Waals surface area contributed by atoms with E-state index in [1.807, 2.05) is 62.4 Å². The molecule has 4 fully saturated rings. The SMILES string of the molecule is Cc1ccc(-c2ccc([C@H](N[C@@H](CC(C)(C)F)C(=O)C(C3CCCCC3)C3CCCCC3)C(F)(F)F)cc2)cc1.Cc1ccc(-c2ccc([C@H](N[C@@H](CC(C)(C)F)C(=O)CC3(C#N)CC3)C(F)(F)F)cc2)cc1.O=S=O.O=S=O.[C-]#[N+]C1([NH3+])CC1.[Cl-]. The van der Waals surface area contributed by atoms with Gasteiger partial charge in [-0.05, 0) is 125 Å². The van der Waals surface area contributed by atoms with Gasteiger partial charge in [-0.2, -0.15) is 48.4 Å². The number of ketones is 2. The smallest absolute Gasteiger partial charge is 0.407 e. The molecular weight excluding hydrogens is 1190 g/mol. The number of carbonyl (C=O) groups excluding carboxylic acids is 2. The third-order valence-corrected chi connectivity index (χ3v) is 16.1. The lowest BCUT2D eigenvalue weighted by molar-refractivity contribution is -0.421. The molecule has 0 aromatic heterocycles. The first kappa shape index (κ1) is 74.7. The van der Waals surface area contributed by atoms with Crippen LogP contribution >= 0.6 is 0 Å². The molecule has 5 N–H and O–H groups in total. The summed E-state index contributed by atoms with van der Waals surface area (Å²) in [6, 6.07) is 23.0. The van der Waals surface area contributed by atoms with Crippen LogP contribution in [-0.4, -0.2) is 69.8 Å². The Labute approximate surface area is 514 Å². The van der Waals surface area contributed by atoms with E-state index in [9.17, 15) is 45.6 Å². The lowest BCUT2D eigenvalue weighted by atomic mass is 9.66. The molecule has 4 aromatic rings. The van der Waals surface area contributed by atoms with Crippen LogP contribution in [0.15, 0.2) is 97.1 Å². The van der Waals surface area contributed by atoms with Gasteiger partial charge in [-0.3, -0.25) is 30.8 Å². The van der Waals surface area contributed by atoms with Gasteiger partial charge in [-0.25, -0.2) is 15.4 Å². The molecule has 0 saturated heterocycles. The largest absolute Gasteiger partial charge is 1.00 e. The lowest BCUT2D eigenvalue weighted by Crippen LogP contribution is -3.00. The molecule has 4 atom stereocenters. The lowest BCUT2D eigenvalue weighted by Gasteiger charge is -2.40. The van der Waals surface area contributed by atoms with Crippen LogP contribution in [-0.2, 0) is 32.7 Å². The summed E-state index contributed by atoms with van der Waals surface area (Å²) in [6.45, 7) is 15.6. The first-order valence-electron chi connectivity index (χ1n) is 28.8. The minimum Gasteiger partial charge on any atom is -1.00 e. The molecule has 11 nitrogen and oxygen atoms in total. The molecular formula is C64H80ClF8N5O6S2. The first-order chi connectivity index (χ1) is 39.8. The standard InChI is InChI=1S/C34H45F4NO.C26H28F4N2O.C4H6N2.ClH.2O2S/c1-23-14-16-24(17-15-23)25-18-20-28(21-19-25)32(34(36,37)38)39-29(22-33(2,3)35)31(40)30(26-10-6-4-7-11-26)27-12-8-5-9-13-27;1-17-4-6-18(7-5-17)19-8-10-20(11-9-19)23(26(28,29)30)32-21(14-24(2,3)27)22(33)15-25(16-31)12-13-25;1-6-4(5)2-3-4;;2*1-3-2/h14-21,26-27,29-30,32,39H,4-13,22H2,1-3H3;4-11,21,23,32H,12-15H2,1-3H3;2-3,5H2;1H;;/t29-,32-;21-,23-;;;;/m00..../s1. The van der Waals surface area contributed by atoms with E-state index in [1.54, 1.807) is 24.3 Å². The van der Waals surface area contributed by atoms with Gasteiger partial charge in [0.05, 0.1) is 36.4 Å². The summed E-state index contributed by atoms with van der Waals surface area (Å²) in [5.41, 5.74) is 4.54. The monoisotopic (exact) mass is 1270 g/mol. The molecule has 86 heavy (non-hydrogen) atoms. The Morgan fingerprint density at radius 2 is 0.907 bits per heavy atom. The van der Waals surface area contributed by atoms with Crippen molar-refractivity contribution in [2.45, 2.75) is 204 Å². The Kier molecular flexibility index (Phi) is 29.3. The minimum absolute atomic E-state index is 0. The average Bonchev–Trinajstić information content (AvgIpc) is 4.38. The summed E-state index contributed by atoms with van der Waals surface area (Å²) in [5.74, 6) is -0.734. The summed E-state index contributed by atoms with van der Waals surface area (Å²) >= 11 is -1.50. The van der Waals surface area contributed by atoms with Crippen molar-refractivity contribution in [2.24, 2.45) is 23.2 Å². The van der Waals surface area contributed by atoms with Crippen LogP contribution in [0.4, 0.5) is 35.1 Å². The van der Waals surface area contributed by atoms with Crippen LogP contribution < -0.4 is 28.8 Å². The van der Waals surface area contributed by atoms with Crippen LogP contribution in [0.1, 0.15) is 171 Å². The summed E-state index contributed by atoms with van der Waals surface area (Å²) in [6.07, 6.45) is 3.07. The maximum Gasteiger partial charge on any atom is 0.407 e. The van der Waals surface area contributed by atoms with E-state index < -0.39 is 88.6 Å². The summed E-state index contributed by atoms with van der Waals surface area (Å²) < 4.78 is 148. The van der Waals surface area contributed by atoms with Gasteiger partial charge < -0.3 is 12.4 Å². The molecule has 8 rings (SSSR count). The van der Waals surface area contributed by atoms with Crippen LogP contribution in [0, 0.1) is 54.9 Å². The molecule has 472 valence electrons. The second-order valence-electron chi connectivity index (χ2n) is 24.4. The second kappa shape index (κ2) is 33.7. The number of aryl methyl sites for hydroxylation is 2. The number of nitrogens with one attached hydrogen (secondary N) is 2. The zero-order valence-electron chi connectivity index (χ0n) is 49.6. The average molecular weight is 1270 g/mol. The Bertz CT molecular complexity index is 2880. The van der Waals surface area contributed by atoms with Crippen molar-refractivity contribution in [1.29, 1.82) is 5.26 Å². The molecule has 0 radical (unpaired) electrons. The first-order valence-corrected chi connectivity index (χ1v) is 30.1. The number of rotatable bonds is 19. The van der Waals surface area contributed by atoms with E-state index in [0.717, 1.165) is 110 Å². The zero-order valence-corrected chi connectivity index (χ0v) is 52.0. The fourth-order valence-corrected chi connectivity index (χ4v) is 11.1. The summed E-state index contributed by atoms with van der Waals surface area (Å²) in [5, 5.41) is 14.3. The van der Waals surface area contributed by atoms with Crippen LogP contribution in [0.3, 0.4) is 0 Å². The number of alkyl halides is 8. The highest BCUT2D eigenvalue weighted by Crippen LogP contribution is 2.49. The van der Waals surface area contributed by atoms with Gasteiger partial charge in [-0.15, -0.1) is 0 Å². The predicted molar refractivity (Wildman–Crippen MR) is 312 cm³/mol. The highest BCUT2D eigenvalue weighted by molar-refractivity contribution is 7.52. The molecule has 0 aliphatic heterocycles. The van der Waals surface area contributed by atoms with Crippen molar-refractivity contribution in [3.8, 4) is 28.3 Å². The molecule has 4 saturated carbocycles. The van der Waals surface area contributed by atoms with Crippen LogP contribution in [0.2, 0.25) is 0 Å². The van der Waals surface area contributed by atoms with Crippen molar-refractivity contribution >= 4 is 34.7 Å². The van der Waals surface area contributed by atoms with Crippen molar-refractivity contribution < 1.29 is 79.7 Å². The third-order valence-electron chi connectivity index (χ3n) is 16.1. The number of quaternary nitrogens is 1. The molecule has 0 bridgehead atoms. The second-order valence-corrected chi connectivity index (χ2v) is 24.7. The number of hydrogen-bond donors (Lipinski definition) is 3. The zero-order chi connectivity index (χ0) is 63.4. The van der Waals surface area contributed by atoms with Crippen LogP contribution in [0.25, 0.3) is 27.1 Å². The van der Waals surface area contributed by atoms with Gasteiger partial charge in [-0.1, -0.05) is 147 Å². The highest BCUT2D eigenvalue weighted by atomic mass is 35.5. The molecule has 0 unspecified atom stereocenters. The highest BCUT2D eigenvalue weighted by Gasteiger charge is 2.52. The van der Waals surface area contributed by atoms with E-state index in [2.05, 4.69) is 27.3 Å². The molecule has 22 heteroatoms. The number of carbonyl (C=O) groups is 2.